The van der Waals surface area contributed by atoms with Crippen molar-refractivity contribution in [3.05, 3.63) is 66.7 Å². The molecule has 9 heteroatoms. The van der Waals surface area contributed by atoms with E-state index in [0.717, 1.165) is 34.8 Å². The van der Waals surface area contributed by atoms with Gasteiger partial charge in [0.1, 0.15) is 0 Å². The van der Waals surface area contributed by atoms with Crippen LogP contribution in [0.15, 0.2) is 61.1 Å². The van der Waals surface area contributed by atoms with Crippen LogP contribution in [0.1, 0.15) is 12.6 Å². The Balaban J connectivity index is 1.41. The Hall–Kier alpha value is -3.98. The van der Waals surface area contributed by atoms with E-state index >= 15 is 0 Å². The molecule has 3 aromatic heterocycles. The first-order valence-corrected chi connectivity index (χ1v) is 10.9. The van der Waals surface area contributed by atoms with Crippen LogP contribution in [-0.4, -0.2) is 51.4 Å². The zero-order valence-corrected chi connectivity index (χ0v) is 18.5. The van der Waals surface area contributed by atoms with E-state index in [4.69, 9.17) is 9.84 Å². The number of anilines is 3. The molecule has 1 aliphatic rings. The number of hydrogen-bond donors (Lipinski definition) is 2. The fraction of sp³-hybridized carbons (Fsp3) is 0.250. The molecule has 0 radical (unpaired) electrons. The molecule has 0 unspecified atom stereocenters. The first kappa shape index (κ1) is 20.9. The Kier molecular flexibility index (Phi) is 5.62. The minimum atomic E-state index is -0.314. The summed E-state index contributed by atoms with van der Waals surface area (Å²) < 4.78 is 7.51. The molecule has 168 valence electrons. The van der Waals surface area contributed by atoms with Gasteiger partial charge in [0.05, 0.1) is 36.5 Å². The van der Waals surface area contributed by atoms with E-state index in [2.05, 4.69) is 38.5 Å². The van der Waals surface area contributed by atoms with Gasteiger partial charge in [0.15, 0.2) is 5.65 Å². The summed E-state index contributed by atoms with van der Waals surface area (Å²) in [5.41, 5.74) is 6.01. The monoisotopic (exact) mass is 443 g/mol. The number of nitrogens with zero attached hydrogens (tertiary/aromatic N) is 5. The summed E-state index contributed by atoms with van der Waals surface area (Å²) in [7, 11) is 0. The average Bonchev–Trinajstić information content (AvgIpc) is 3.21. The third-order valence-electron chi connectivity index (χ3n) is 5.67. The number of morpholine rings is 1. The zero-order valence-electron chi connectivity index (χ0n) is 18.5. The lowest BCUT2D eigenvalue weighted by Crippen LogP contribution is -2.44. The molecule has 1 atom stereocenters. The summed E-state index contributed by atoms with van der Waals surface area (Å²) in [6, 6.07) is 13.1. The van der Waals surface area contributed by atoms with Gasteiger partial charge in [0, 0.05) is 41.9 Å². The topological polar surface area (TPSA) is 96.7 Å². The van der Waals surface area contributed by atoms with Gasteiger partial charge in [0.25, 0.3) is 0 Å². The number of imidazole rings is 1. The van der Waals surface area contributed by atoms with E-state index in [0.29, 0.717) is 24.6 Å². The van der Waals surface area contributed by atoms with Crippen LogP contribution in [0.4, 0.5) is 21.9 Å². The molecule has 0 spiro atoms. The van der Waals surface area contributed by atoms with E-state index in [1.54, 1.807) is 24.5 Å². The molecule has 2 amide bonds. The molecule has 9 nitrogen and oxygen atoms in total. The highest BCUT2D eigenvalue weighted by Crippen LogP contribution is 2.30. The standard InChI is InChI=1S/C24H25N7O2/c1-16-14-26-23-22(30-11-12-33-15-17(30)2)13-21(29-31(16)23)18-3-5-19(6-4-18)27-24(32)28-20-7-9-25-10-8-20/h3-10,13-14,17H,11-12,15H2,1-2H3,(H2,25,27,28,32)/t17-/m0/s1. The second-order valence-electron chi connectivity index (χ2n) is 8.06. The Morgan fingerprint density at radius 3 is 2.55 bits per heavy atom. The molecule has 4 heterocycles. The van der Waals surface area contributed by atoms with Gasteiger partial charge in [-0.2, -0.15) is 5.10 Å². The first-order chi connectivity index (χ1) is 16.1. The summed E-state index contributed by atoms with van der Waals surface area (Å²) in [5.74, 6) is 0. The van der Waals surface area contributed by atoms with Gasteiger partial charge >= 0.3 is 6.03 Å². The van der Waals surface area contributed by atoms with E-state index in [1.807, 2.05) is 41.9 Å². The second-order valence-corrected chi connectivity index (χ2v) is 8.06. The largest absolute Gasteiger partial charge is 0.377 e. The van der Waals surface area contributed by atoms with Gasteiger partial charge < -0.3 is 20.3 Å². The minimum absolute atomic E-state index is 0.250. The molecule has 0 saturated carbocycles. The number of urea groups is 1. The van der Waals surface area contributed by atoms with Gasteiger partial charge in [-0.1, -0.05) is 12.1 Å². The van der Waals surface area contributed by atoms with Crippen LogP contribution in [0.5, 0.6) is 0 Å². The number of nitrogens with one attached hydrogen (secondary N) is 2. The van der Waals surface area contributed by atoms with Crippen LogP contribution in [0, 0.1) is 6.92 Å². The van der Waals surface area contributed by atoms with Crippen molar-refractivity contribution in [3.8, 4) is 11.3 Å². The van der Waals surface area contributed by atoms with Crippen molar-refractivity contribution in [2.24, 2.45) is 0 Å². The molecule has 33 heavy (non-hydrogen) atoms. The van der Waals surface area contributed by atoms with Gasteiger partial charge in [-0.25, -0.2) is 14.3 Å². The van der Waals surface area contributed by atoms with Gasteiger partial charge in [-0.3, -0.25) is 4.98 Å². The van der Waals surface area contributed by atoms with Crippen LogP contribution in [0.3, 0.4) is 0 Å². The maximum absolute atomic E-state index is 12.3. The highest BCUT2D eigenvalue weighted by atomic mass is 16.5. The van der Waals surface area contributed by atoms with Gasteiger partial charge in [-0.15, -0.1) is 0 Å². The molecular formula is C24H25N7O2. The number of carbonyl (C=O) groups is 1. The highest BCUT2D eigenvalue weighted by molar-refractivity contribution is 5.99. The maximum Gasteiger partial charge on any atom is 0.323 e. The predicted molar refractivity (Wildman–Crippen MR) is 128 cm³/mol. The van der Waals surface area contributed by atoms with Gasteiger partial charge in [-0.05, 0) is 44.2 Å². The van der Waals surface area contributed by atoms with Crippen LogP contribution < -0.4 is 15.5 Å². The molecule has 2 N–H and O–H groups in total. The van der Waals surface area contributed by atoms with Crippen LogP contribution in [-0.2, 0) is 4.74 Å². The lowest BCUT2D eigenvalue weighted by Gasteiger charge is -2.35. The van der Waals surface area contributed by atoms with E-state index in [-0.39, 0.29) is 12.1 Å². The number of ether oxygens (including phenoxy) is 1. The third-order valence-corrected chi connectivity index (χ3v) is 5.67. The fourth-order valence-corrected chi connectivity index (χ4v) is 3.95. The lowest BCUT2D eigenvalue weighted by atomic mass is 10.1. The Labute approximate surface area is 191 Å². The SMILES string of the molecule is Cc1cnc2c(N3CCOC[C@@H]3C)cc(-c3ccc(NC(=O)Nc4ccncc4)cc3)nn12. The average molecular weight is 444 g/mol. The molecule has 0 aliphatic carbocycles. The van der Waals surface area contributed by atoms with Crippen molar-refractivity contribution in [1.82, 2.24) is 19.6 Å². The van der Waals surface area contributed by atoms with Crippen LogP contribution in [0.2, 0.25) is 0 Å². The molecular weight excluding hydrogens is 418 g/mol. The Morgan fingerprint density at radius 2 is 1.82 bits per heavy atom. The molecule has 4 aromatic rings. The number of fused-ring (bicyclic) bond motifs is 1. The predicted octanol–water partition coefficient (Wildman–Crippen LogP) is 3.97. The van der Waals surface area contributed by atoms with E-state index in [9.17, 15) is 4.79 Å². The minimum Gasteiger partial charge on any atom is -0.377 e. The van der Waals surface area contributed by atoms with Crippen LogP contribution in [0.25, 0.3) is 16.9 Å². The summed E-state index contributed by atoms with van der Waals surface area (Å²) in [6.45, 7) is 6.34. The van der Waals surface area contributed by atoms with Crippen molar-refractivity contribution >= 4 is 28.7 Å². The fourth-order valence-electron chi connectivity index (χ4n) is 3.95. The lowest BCUT2D eigenvalue weighted by molar-refractivity contribution is 0.0990. The first-order valence-electron chi connectivity index (χ1n) is 10.9. The quantitative estimate of drug-likeness (QED) is 0.495. The molecule has 1 aliphatic heterocycles. The number of aryl methyl sites for hydroxylation is 1. The number of benzene rings is 1. The van der Waals surface area contributed by atoms with Crippen molar-refractivity contribution in [3.63, 3.8) is 0 Å². The number of aromatic nitrogens is 4. The van der Waals surface area contributed by atoms with E-state index < -0.39 is 0 Å². The number of rotatable bonds is 4. The Morgan fingerprint density at radius 1 is 1.09 bits per heavy atom. The Bertz CT molecular complexity index is 1270. The zero-order chi connectivity index (χ0) is 22.8. The highest BCUT2D eigenvalue weighted by Gasteiger charge is 2.23. The normalized spacial score (nSPS) is 16.1. The summed E-state index contributed by atoms with van der Waals surface area (Å²) >= 11 is 0. The smallest absolute Gasteiger partial charge is 0.323 e. The van der Waals surface area contributed by atoms with Crippen molar-refractivity contribution in [2.75, 3.05) is 35.3 Å². The summed E-state index contributed by atoms with van der Waals surface area (Å²) in [4.78, 5) is 23.1. The molecule has 1 fully saturated rings. The number of hydrogen-bond acceptors (Lipinski definition) is 6. The molecule has 0 bridgehead atoms. The number of carbonyl (C=O) groups excluding carboxylic acids is 1. The second kappa shape index (κ2) is 8.87. The van der Waals surface area contributed by atoms with Crippen molar-refractivity contribution in [2.45, 2.75) is 19.9 Å². The summed E-state index contributed by atoms with van der Waals surface area (Å²) in [6.07, 6.45) is 5.10. The number of amides is 2. The third kappa shape index (κ3) is 4.35. The summed E-state index contributed by atoms with van der Waals surface area (Å²) in [5, 5.41) is 10.4. The van der Waals surface area contributed by atoms with Gasteiger partial charge in [0.2, 0.25) is 0 Å². The maximum atomic E-state index is 12.3. The van der Waals surface area contributed by atoms with Crippen molar-refractivity contribution in [1.29, 1.82) is 0 Å². The van der Waals surface area contributed by atoms with Crippen molar-refractivity contribution < 1.29 is 9.53 Å². The van der Waals surface area contributed by atoms with E-state index in [1.165, 1.54) is 0 Å². The molecule has 5 rings (SSSR count). The number of pyridine rings is 1. The molecule has 1 saturated heterocycles. The van der Waals surface area contributed by atoms with Crippen LogP contribution >= 0.6 is 0 Å². The molecule has 1 aromatic carbocycles.